The number of methoxy groups -OCH3 is 2. The first kappa shape index (κ1) is 19.3. The lowest BCUT2D eigenvalue weighted by atomic mass is 9.53. The summed E-state index contributed by atoms with van der Waals surface area (Å²) in [5.74, 6) is 5.40. The van der Waals surface area contributed by atoms with E-state index in [1.807, 2.05) is 6.07 Å². The molecule has 4 bridgehead atoms. The fraction of sp³-hybridized carbons (Fsp3) is 0.720. The topological polar surface area (TPSA) is 38.8 Å². The molecule has 1 unspecified atom stereocenters. The van der Waals surface area contributed by atoms with E-state index in [-0.39, 0.29) is 5.41 Å². The summed E-state index contributed by atoms with van der Waals surface area (Å²) in [6, 6.07) is 6.52. The van der Waals surface area contributed by atoms with Crippen LogP contribution in [0.1, 0.15) is 57.4 Å². The molecule has 1 aromatic rings. The highest BCUT2D eigenvalue weighted by Gasteiger charge is 2.53. The lowest BCUT2D eigenvalue weighted by Gasteiger charge is -2.58. The maximum atomic E-state index is 13.8. The summed E-state index contributed by atoms with van der Waals surface area (Å²) in [5, 5.41) is 0. The molecule has 1 saturated heterocycles. The van der Waals surface area contributed by atoms with Crippen molar-refractivity contribution < 1.29 is 14.3 Å². The van der Waals surface area contributed by atoms with Gasteiger partial charge in [0, 0.05) is 18.7 Å². The zero-order valence-electron chi connectivity index (χ0n) is 18.2. The van der Waals surface area contributed by atoms with E-state index in [2.05, 4.69) is 24.0 Å². The van der Waals surface area contributed by atoms with Crippen LogP contribution in [0.15, 0.2) is 18.2 Å². The minimum atomic E-state index is -0.329. The molecule has 5 fully saturated rings. The number of nitrogens with zero attached hydrogens (tertiary/aromatic N) is 1. The lowest BCUT2D eigenvalue weighted by Crippen LogP contribution is -2.61. The van der Waals surface area contributed by atoms with Crippen molar-refractivity contribution in [1.82, 2.24) is 4.90 Å². The monoisotopic (exact) mass is 397 g/mol. The number of benzene rings is 1. The number of ether oxygens (including phenoxy) is 2. The fourth-order valence-corrected chi connectivity index (χ4v) is 7.47. The lowest BCUT2D eigenvalue weighted by molar-refractivity contribution is -0.158. The Kier molecular flexibility index (Phi) is 4.79. The van der Waals surface area contributed by atoms with E-state index in [1.54, 1.807) is 14.2 Å². The van der Waals surface area contributed by atoms with Gasteiger partial charge in [0.15, 0.2) is 0 Å². The van der Waals surface area contributed by atoms with Gasteiger partial charge in [0.1, 0.15) is 11.5 Å². The Morgan fingerprint density at radius 2 is 1.55 bits per heavy atom. The molecule has 6 rings (SSSR count). The number of piperidine rings is 1. The van der Waals surface area contributed by atoms with Crippen LogP contribution < -0.4 is 9.47 Å². The fourth-order valence-electron chi connectivity index (χ4n) is 7.47. The van der Waals surface area contributed by atoms with Crippen molar-refractivity contribution in [3.8, 4) is 11.5 Å². The standard InChI is InChI=1S/C25H35NO3/c1-25(15-18-12-21(28-2)14-22(13-18)29-3)5-4-6-26(24(25)27)23-19-8-16-7-17(10-19)11-20(23)9-16/h12-14,16-17,19-20,23H,4-11,15H2,1-3H3. The quantitative estimate of drug-likeness (QED) is 0.723. The number of likely N-dealkylation sites (tertiary alicyclic amines) is 1. The van der Waals surface area contributed by atoms with Gasteiger partial charge in [0.2, 0.25) is 5.91 Å². The van der Waals surface area contributed by atoms with E-state index >= 15 is 0 Å². The highest BCUT2D eigenvalue weighted by molar-refractivity contribution is 5.84. The van der Waals surface area contributed by atoms with Gasteiger partial charge in [0.25, 0.3) is 0 Å². The minimum absolute atomic E-state index is 0.329. The molecule has 1 heterocycles. The largest absolute Gasteiger partial charge is 0.497 e. The molecule has 0 N–H and O–H groups in total. The smallest absolute Gasteiger partial charge is 0.229 e. The molecule has 1 amide bonds. The van der Waals surface area contributed by atoms with Crippen molar-refractivity contribution in [2.75, 3.05) is 20.8 Å². The molecule has 4 saturated carbocycles. The first-order valence-corrected chi connectivity index (χ1v) is 11.5. The van der Waals surface area contributed by atoms with Crippen LogP contribution in [-0.4, -0.2) is 37.6 Å². The molecule has 1 aromatic carbocycles. The van der Waals surface area contributed by atoms with Crippen LogP contribution in [0.3, 0.4) is 0 Å². The van der Waals surface area contributed by atoms with Crippen LogP contribution in [0.25, 0.3) is 0 Å². The molecule has 5 aliphatic rings. The Hall–Kier alpha value is -1.71. The third-order valence-electron chi connectivity index (χ3n) is 8.45. The van der Waals surface area contributed by atoms with Gasteiger partial charge < -0.3 is 14.4 Å². The molecule has 1 aliphatic heterocycles. The van der Waals surface area contributed by atoms with E-state index < -0.39 is 0 Å². The molecule has 158 valence electrons. The minimum Gasteiger partial charge on any atom is -0.497 e. The maximum absolute atomic E-state index is 13.8. The van der Waals surface area contributed by atoms with Crippen LogP contribution in [0, 0.1) is 29.1 Å². The van der Waals surface area contributed by atoms with Gasteiger partial charge in [-0.1, -0.05) is 6.92 Å². The van der Waals surface area contributed by atoms with Gasteiger partial charge in [-0.2, -0.15) is 0 Å². The molecule has 4 aliphatic carbocycles. The van der Waals surface area contributed by atoms with Crippen molar-refractivity contribution in [2.24, 2.45) is 29.1 Å². The molecule has 0 aromatic heterocycles. The van der Waals surface area contributed by atoms with Gasteiger partial charge in [-0.3, -0.25) is 4.79 Å². The van der Waals surface area contributed by atoms with E-state index in [1.165, 1.54) is 32.1 Å². The van der Waals surface area contributed by atoms with Crippen molar-refractivity contribution in [3.05, 3.63) is 23.8 Å². The Bertz CT molecular complexity index is 740. The Balaban J connectivity index is 1.38. The van der Waals surface area contributed by atoms with Gasteiger partial charge >= 0.3 is 0 Å². The maximum Gasteiger partial charge on any atom is 0.229 e. The van der Waals surface area contributed by atoms with Crippen molar-refractivity contribution in [1.29, 1.82) is 0 Å². The second-order valence-electron chi connectivity index (χ2n) is 10.5. The SMILES string of the molecule is COc1cc(CC2(C)CCCN(C3C4CC5CC(C4)CC3C5)C2=O)cc(OC)c1. The van der Waals surface area contributed by atoms with Crippen molar-refractivity contribution >= 4 is 5.91 Å². The Morgan fingerprint density at radius 3 is 2.10 bits per heavy atom. The zero-order valence-corrected chi connectivity index (χ0v) is 18.2. The second kappa shape index (κ2) is 7.21. The van der Waals surface area contributed by atoms with Crippen LogP contribution in [0.4, 0.5) is 0 Å². The third-order valence-corrected chi connectivity index (χ3v) is 8.45. The summed E-state index contributed by atoms with van der Waals surface area (Å²) in [5.41, 5.74) is 0.800. The van der Waals surface area contributed by atoms with Crippen LogP contribution in [0.2, 0.25) is 0 Å². The number of amides is 1. The van der Waals surface area contributed by atoms with Gasteiger partial charge in [0.05, 0.1) is 19.6 Å². The van der Waals surface area contributed by atoms with Gasteiger partial charge in [-0.25, -0.2) is 0 Å². The predicted octanol–water partition coefficient (Wildman–Crippen LogP) is 4.70. The first-order chi connectivity index (χ1) is 14.0. The number of hydrogen-bond acceptors (Lipinski definition) is 3. The van der Waals surface area contributed by atoms with Crippen LogP contribution in [0.5, 0.6) is 11.5 Å². The average molecular weight is 398 g/mol. The molecule has 0 spiro atoms. The molecule has 4 nitrogen and oxygen atoms in total. The normalized spacial score (nSPS) is 38.4. The third kappa shape index (κ3) is 3.33. The number of hydrogen-bond donors (Lipinski definition) is 0. The summed E-state index contributed by atoms with van der Waals surface area (Å²) in [6.07, 6.45) is 9.76. The highest BCUT2D eigenvalue weighted by atomic mass is 16.5. The zero-order chi connectivity index (χ0) is 20.2. The predicted molar refractivity (Wildman–Crippen MR) is 113 cm³/mol. The van der Waals surface area contributed by atoms with Crippen molar-refractivity contribution in [3.63, 3.8) is 0 Å². The molecule has 4 heteroatoms. The van der Waals surface area contributed by atoms with Gasteiger partial charge in [-0.15, -0.1) is 0 Å². The van der Waals surface area contributed by atoms with Crippen LogP contribution >= 0.6 is 0 Å². The molecular weight excluding hydrogens is 362 g/mol. The Labute approximate surface area is 174 Å². The number of rotatable bonds is 5. The summed E-state index contributed by atoms with van der Waals surface area (Å²) < 4.78 is 10.9. The summed E-state index contributed by atoms with van der Waals surface area (Å²) in [7, 11) is 3.36. The molecule has 1 atom stereocenters. The molecule has 29 heavy (non-hydrogen) atoms. The number of carbonyl (C=O) groups excluding carboxylic acids is 1. The summed E-state index contributed by atoms with van der Waals surface area (Å²) in [4.78, 5) is 16.2. The second-order valence-corrected chi connectivity index (χ2v) is 10.5. The first-order valence-electron chi connectivity index (χ1n) is 11.5. The van der Waals surface area contributed by atoms with E-state index in [9.17, 15) is 4.79 Å². The van der Waals surface area contributed by atoms with Crippen molar-refractivity contribution in [2.45, 2.75) is 64.3 Å². The number of carbonyl (C=O) groups is 1. The average Bonchev–Trinajstić information content (AvgIpc) is 2.70. The van der Waals surface area contributed by atoms with E-state index in [0.29, 0.717) is 11.9 Å². The van der Waals surface area contributed by atoms with Gasteiger partial charge in [-0.05, 0) is 92.7 Å². The van der Waals surface area contributed by atoms with E-state index in [0.717, 1.165) is 66.5 Å². The highest BCUT2D eigenvalue weighted by Crippen LogP contribution is 2.56. The van der Waals surface area contributed by atoms with Crippen LogP contribution in [-0.2, 0) is 11.2 Å². The molecular formula is C25H35NO3. The molecule has 0 radical (unpaired) electrons. The van der Waals surface area contributed by atoms with E-state index in [4.69, 9.17) is 9.47 Å². The summed E-state index contributed by atoms with van der Waals surface area (Å²) >= 11 is 0. The summed E-state index contributed by atoms with van der Waals surface area (Å²) in [6.45, 7) is 3.15. The Morgan fingerprint density at radius 1 is 0.966 bits per heavy atom.